The van der Waals surface area contributed by atoms with Crippen molar-refractivity contribution in [1.29, 1.82) is 0 Å². The van der Waals surface area contributed by atoms with Crippen molar-refractivity contribution in [3.8, 4) is 17.2 Å². The number of nitrogens with one attached hydrogen (secondary N) is 2. The van der Waals surface area contributed by atoms with Crippen LogP contribution >= 0.6 is 0 Å². The van der Waals surface area contributed by atoms with E-state index in [-0.39, 0.29) is 18.4 Å². The summed E-state index contributed by atoms with van der Waals surface area (Å²) in [6, 6.07) is 14.8. The van der Waals surface area contributed by atoms with E-state index in [1.165, 1.54) is 14.2 Å². The molecule has 0 saturated carbocycles. The number of aromatic nitrogens is 2. The van der Waals surface area contributed by atoms with Gasteiger partial charge in [0.15, 0.2) is 11.5 Å². The largest absolute Gasteiger partial charge is 0.493 e. The van der Waals surface area contributed by atoms with Gasteiger partial charge in [0.25, 0.3) is 5.91 Å². The summed E-state index contributed by atoms with van der Waals surface area (Å²) in [4.78, 5) is 24.4. The van der Waals surface area contributed by atoms with E-state index in [0.717, 1.165) is 29.8 Å². The normalized spacial score (nSPS) is 10.5. The third kappa shape index (κ3) is 5.87. The van der Waals surface area contributed by atoms with E-state index in [2.05, 4.69) is 15.7 Å². The predicted molar refractivity (Wildman–Crippen MR) is 122 cm³/mol. The number of hydrogen-bond donors (Lipinski definition) is 2. The van der Waals surface area contributed by atoms with Crippen molar-refractivity contribution in [3.05, 3.63) is 71.5 Å². The van der Waals surface area contributed by atoms with Crippen molar-refractivity contribution < 1.29 is 19.1 Å². The summed E-state index contributed by atoms with van der Waals surface area (Å²) in [5.74, 6) is 0.391. The third-order valence-corrected chi connectivity index (χ3v) is 5.02. The Morgan fingerprint density at radius 3 is 2.47 bits per heavy atom. The summed E-state index contributed by atoms with van der Waals surface area (Å²) in [6.45, 7) is 2.40. The second-order valence-electron chi connectivity index (χ2n) is 7.23. The Balaban J connectivity index is 1.41. The fraction of sp³-hybridized carbons (Fsp3) is 0.292. The highest BCUT2D eigenvalue weighted by Gasteiger charge is 2.12. The quantitative estimate of drug-likeness (QED) is 0.477. The van der Waals surface area contributed by atoms with Crippen molar-refractivity contribution in [2.24, 2.45) is 0 Å². The summed E-state index contributed by atoms with van der Waals surface area (Å²) in [5.41, 5.74) is 3.52. The minimum Gasteiger partial charge on any atom is -0.493 e. The average Bonchev–Trinajstić information content (AvgIpc) is 3.20. The lowest BCUT2D eigenvalue weighted by Gasteiger charge is -2.10. The number of amides is 2. The van der Waals surface area contributed by atoms with Crippen LogP contribution in [0, 0.1) is 6.92 Å². The third-order valence-electron chi connectivity index (χ3n) is 5.02. The highest BCUT2D eigenvalue weighted by molar-refractivity contribution is 5.97. The van der Waals surface area contributed by atoms with Gasteiger partial charge >= 0.3 is 0 Å². The molecule has 1 heterocycles. The molecule has 0 aliphatic heterocycles. The van der Waals surface area contributed by atoms with Crippen LogP contribution in [0.2, 0.25) is 0 Å². The number of benzene rings is 2. The summed E-state index contributed by atoms with van der Waals surface area (Å²) in [5, 5.41) is 10.0. The molecule has 0 unspecified atom stereocenters. The minimum absolute atomic E-state index is 0.0991. The van der Waals surface area contributed by atoms with Gasteiger partial charge in [0.2, 0.25) is 5.91 Å². The smallest absolute Gasteiger partial charge is 0.251 e. The van der Waals surface area contributed by atoms with Crippen molar-refractivity contribution in [2.75, 3.05) is 27.3 Å². The standard InChI is InChI=1S/C24H28N4O4/c1-17-19(16-28(27-17)20-9-5-4-6-10-20)8-7-13-25-23(29)15-26-24(30)18-11-12-21(31-2)22(14-18)32-3/h4-6,9-12,14,16H,7-8,13,15H2,1-3H3,(H,25,29)(H,26,30). The summed E-state index contributed by atoms with van der Waals surface area (Å²) < 4.78 is 12.2. The van der Waals surface area contributed by atoms with Crippen molar-refractivity contribution in [1.82, 2.24) is 20.4 Å². The lowest BCUT2D eigenvalue weighted by atomic mass is 10.1. The number of para-hydroxylation sites is 1. The Bertz CT molecular complexity index is 1060. The van der Waals surface area contributed by atoms with Gasteiger partial charge in [-0.25, -0.2) is 4.68 Å². The summed E-state index contributed by atoms with van der Waals surface area (Å²) in [6.07, 6.45) is 3.60. The first-order chi connectivity index (χ1) is 15.5. The van der Waals surface area contributed by atoms with Crippen molar-refractivity contribution >= 4 is 11.8 Å². The molecule has 0 bridgehead atoms. The number of aryl methyl sites for hydroxylation is 2. The Labute approximate surface area is 187 Å². The maximum atomic E-state index is 12.3. The van der Waals surface area contributed by atoms with Gasteiger partial charge in [0.05, 0.1) is 32.1 Å². The molecular formula is C24H28N4O4. The number of ether oxygens (including phenoxy) is 2. The number of nitrogens with zero attached hydrogens (tertiary/aromatic N) is 2. The van der Waals surface area contributed by atoms with E-state index in [9.17, 15) is 9.59 Å². The zero-order valence-electron chi connectivity index (χ0n) is 18.6. The predicted octanol–water partition coefficient (Wildman–Crippen LogP) is 2.68. The van der Waals surface area contributed by atoms with E-state index >= 15 is 0 Å². The molecule has 0 aliphatic rings. The van der Waals surface area contributed by atoms with E-state index in [1.54, 1.807) is 18.2 Å². The van der Waals surface area contributed by atoms with Gasteiger partial charge in [-0.15, -0.1) is 0 Å². The Kier molecular flexibility index (Phi) is 7.85. The van der Waals surface area contributed by atoms with E-state index < -0.39 is 0 Å². The van der Waals surface area contributed by atoms with Crippen LogP contribution in [0.3, 0.4) is 0 Å². The van der Waals surface area contributed by atoms with Crippen LogP contribution < -0.4 is 20.1 Å². The van der Waals surface area contributed by atoms with Crippen molar-refractivity contribution in [2.45, 2.75) is 19.8 Å². The van der Waals surface area contributed by atoms with Gasteiger partial charge in [0, 0.05) is 18.3 Å². The molecule has 0 aliphatic carbocycles. The van der Waals surface area contributed by atoms with Crippen LogP contribution in [0.4, 0.5) is 0 Å². The van der Waals surface area contributed by atoms with Gasteiger partial charge in [-0.05, 0) is 55.7 Å². The van der Waals surface area contributed by atoms with Crippen LogP contribution in [0.15, 0.2) is 54.7 Å². The van der Waals surface area contributed by atoms with E-state index in [1.807, 2.05) is 48.1 Å². The fourth-order valence-corrected chi connectivity index (χ4v) is 3.26. The van der Waals surface area contributed by atoms with Crippen LogP contribution in [0.1, 0.15) is 28.0 Å². The van der Waals surface area contributed by atoms with Gasteiger partial charge < -0.3 is 20.1 Å². The Hall–Kier alpha value is -3.81. The molecule has 0 radical (unpaired) electrons. The zero-order valence-corrected chi connectivity index (χ0v) is 18.6. The maximum Gasteiger partial charge on any atom is 0.251 e. The maximum absolute atomic E-state index is 12.3. The number of hydrogen-bond acceptors (Lipinski definition) is 5. The zero-order chi connectivity index (χ0) is 22.9. The number of rotatable bonds is 10. The summed E-state index contributed by atoms with van der Waals surface area (Å²) >= 11 is 0. The topological polar surface area (TPSA) is 94.5 Å². The van der Waals surface area contributed by atoms with Gasteiger partial charge in [-0.1, -0.05) is 18.2 Å². The van der Waals surface area contributed by atoms with E-state index in [0.29, 0.717) is 23.6 Å². The molecule has 2 aromatic carbocycles. The van der Waals surface area contributed by atoms with Crippen molar-refractivity contribution in [3.63, 3.8) is 0 Å². The minimum atomic E-state index is -0.356. The lowest BCUT2D eigenvalue weighted by molar-refractivity contribution is -0.120. The summed E-state index contributed by atoms with van der Waals surface area (Å²) in [7, 11) is 3.03. The SMILES string of the molecule is COc1ccc(C(=O)NCC(=O)NCCCc2cn(-c3ccccc3)nc2C)cc1OC. The Morgan fingerprint density at radius 2 is 1.75 bits per heavy atom. The highest BCUT2D eigenvalue weighted by Crippen LogP contribution is 2.27. The molecule has 1 aromatic heterocycles. The molecular weight excluding hydrogens is 408 g/mol. The molecule has 2 amide bonds. The van der Waals surface area contributed by atoms with E-state index in [4.69, 9.17) is 9.47 Å². The molecule has 32 heavy (non-hydrogen) atoms. The first kappa shape index (κ1) is 22.9. The van der Waals surface area contributed by atoms with Crippen LogP contribution in [-0.4, -0.2) is 48.9 Å². The molecule has 168 valence electrons. The molecule has 0 atom stereocenters. The first-order valence-electron chi connectivity index (χ1n) is 10.4. The van der Waals surface area contributed by atoms with Crippen LogP contribution in [0.25, 0.3) is 5.69 Å². The molecule has 8 nitrogen and oxygen atoms in total. The highest BCUT2D eigenvalue weighted by atomic mass is 16.5. The molecule has 0 fully saturated rings. The molecule has 0 saturated heterocycles. The second kappa shape index (κ2) is 11.0. The first-order valence-corrected chi connectivity index (χ1v) is 10.4. The molecule has 3 rings (SSSR count). The second-order valence-corrected chi connectivity index (χ2v) is 7.23. The molecule has 3 aromatic rings. The number of carbonyl (C=O) groups is 2. The number of carbonyl (C=O) groups excluding carboxylic acids is 2. The molecule has 8 heteroatoms. The number of methoxy groups -OCH3 is 2. The fourth-order valence-electron chi connectivity index (χ4n) is 3.26. The van der Waals surface area contributed by atoms with Crippen LogP contribution in [-0.2, 0) is 11.2 Å². The molecule has 0 spiro atoms. The Morgan fingerprint density at radius 1 is 1.00 bits per heavy atom. The molecule has 2 N–H and O–H groups in total. The average molecular weight is 437 g/mol. The lowest BCUT2D eigenvalue weighted by Crippen LogP contribution is -2.37. The van der Waals surface area contributed by atoms with Gasteiger partial charge in [-0.3, -0.25) is 9.59 Å². The van der Waals surface area contributed by atoms with Gasteiger partial charge in [0.1, 0.15) is 0 Å². The monoisotopic (exact) mass is 436 g/mol. The van der Waals surface area contributed by atoms with Gasteiger partial charge in [-0.2, -0.15) is 5.10 Å². The van der Waals surface area contributed by atoms with Crippen LogP contribution in [0.5, 0.6) is 11.5 Å².